The number of carbonyl (C=O) groups excluding carboxylic acids is 3. The molecule has 23 heavy (non-hydrogen) atoms. The zero-order valence-electron chi connectivity index (χ0n) is 13.2. The van der Waals surface area contributed by atoms with E-state index in [1.54, 1.807) is 16.8 Å². The number of rotatable bonds is 4. The van der Waals surface area contributed by atoms with Gasteiger partial charge in [0.15, 0.2) is 11.6 Å². The van der Waals surface area contributed by atoms with E-state index in [1.807, 2.05) is 6.92 Å². The Hall–Kier alpha value is -2.38. The van der Waals surface area contributed by atoms with Crippen LogP contribution in [0.3, 0.4) is 0 Å². The SMILES string of the molecule is CCc1nc(C(=O)N2CC(N3CC(C(=O)NC)CC3=O)C2)co1. The molecule has 2 fully saturated rings. The molecule has 0 aromatic carbocycles. The quantitative estimate of drug-likeness (QED) is 0.818. The van der Waals surface area contributed by atoms with E-state index in [0.29, 0.717) is 37.6 Å². The van der Waals surface area contributed by atoms with Crippen LogP contribution < -0.4 is 5.32 Å². The van der Waals surface area contributed by atoms with Crippen molar-refractivity contribution in [1.29, 1.82) is 0 Å². The molecular formula is C15H20N4O4. The van der Waals surface area contributed by atoms with Crippen LogP contribution in [0.4, 0.5) is 0 Å². The van der Waals surface area contributed by atoms with Crippen molar-refractivity contribution in [2.75, 3.05) is 26.7 Å². The predicted octanol–water partition coefficient (Wildman–Crippen LogP) is -0.344. The van der Waals surface area contributed by atoms with Crippen LogP contribution in [0.1, 0.15) is 29.7 Å². The Morgan fingerprint density at radius 2 is 2.13 bits per heavy atom. The average Bonchev–Trinajstić information content (AvgIpc) is 3.12. The van der Waals surface area contributed by atoms with Gasteiger partial charge in [0.2, 0.25) is 11.8 Å². The lowest BCUT2D eigenvalue weighted by Gasteiger charge is -2.43. The van der Waals surface area contributed by atoms with Crippen molar-refractivity contribution < 1.29 is 18.8 Å². The normalized spacial score (nSPS) is 21.5. The van der Waals surface area contributed by atoms with Crippen molar-refractivity contribution in [3.63, 3.8) is 0 Å². The molecule has 2 saturated heterocycles. The summed E-state index contributed by atoms with van der Waals surface area (Å²) < 4.78 is 5.18. The summed E-state index contributed by atoms with van der Waals surface area (Å²) in [4.78, 5) is 43.4. The first-order chi connectivity index (χ1) is 11.0. The molecule has 2 aliphatic rings. The molecule has 1 unspecified atom stereocenters. The number of amides is 3. The maximum absolute atomic E-state index is 12.3. The number of carbonyl (C=O) groups is 3. The third-order valence-corrected chi connectivity index (χ3v) is 4.44. The van der Waals surface area contributed by atoms with Gasteiger partial charge in [-0.15, -0.1) is 0 Å². The van der Waals surface area contributed by atoms with E-state index in [0.717, 1.165) is 0 Å². The molecule has 0 bridgehead atoms. The molecule has 1 atom stereocenters. The second-order valence-corrected chi connectivity index (χ2v) is 5.91. The summed E-state index contributed by atoms with van der Waals surface area (Å²) in [5, 5.41) is 2.58. The molecule has 3 rings (SSSR count). The lowest BCUT2D eigenvalue weighted by atomic mass is 10.1. The Morgan fingerprint density at radius 1 is 1.39 bits per heavy atom. The summed E-state index contributed by atoms with van der Waals surface area (Å²) in [6.07, 6.45) is 2.25. The van der Waals surface area contributed by atoms with Crippen molar-refractivity contribution >= 4 is 17.7 Å². The van der Waals surface area contributed by atoms with Gasteiger partial charge in [0.25, 0.3) is 5.91 Å². The minimum absolute atomic E-state index is 0.0151. The maximum atomic E-state index is 12.3. The zero-order chi connectivity index (χ0) is 16.6. The fourth-order valence-corrected chi connectivity index (χ4v) is 3.02. The maximum Gasteiger partial charge on any atom is 0.275 e. The molecule has 124 valence electrons. The number of aromatic nitrogens is 1. The van der Waals surface area contributed by atoms with E-state index in [1.165, 1.54) is 6.26 Å². The minimum Gasteiger partial charge on any atom is -0.448 e. The van der Waals surface area contributed by atoms with E-state index in [-0.39, 0.29) is 36.1 Å². The number of aryl methyl sites for hydroxylation is 1. The first-order valence-electron chi connectivity index (χ1n) is 7.78. The van der Waals surface area contributed by atoms with Crippen LogP contribution in [0.5, 0.6) is 0 Å². The van der Waals surface area contributed by atoms with Gasteiger partial charge in [0, 0.05) is 39.5 Å². The predicted molar refractivity (Wildman–Crippen MR) is 79.5 cm³/mol. The summed E-state index contributed by atoms with van der Waals surface area (Å²) in [5.41, 5.74) is 0.302. The van der Waals surface area contributed by atoms with Crippen LogP contribution in [-0.4, -0.2) is 65.2 Å². The third-order valence-electron chi connectivity index (χ3n) is 4.44. The van der Waals surface area contributed by atoms with Gasteiger partial charge in [0.05, 0.1) is 12.0 Å². The lowest BCUT2D eigenvalue weighted by Crippen LogP contribution is -2.61. The molecule has 0 spiro atoms. The highest BCUT2D eigenvalue weighted by Crippen LogP contribution is 2.26. The first-order valence-corrected chi connectivity index (χ1v) is 7.78. The van der Waals surface area contributed by atoms with Gasteiger partial charge in [-0.3, -0.25) is 14.4 Å². The Bertz CT molecular complexity index is 635. The van der Waals surface area contributed by atoms with E-state index >= 15 is 0 Å². The molecule has 1 aromatic rings. The van der Waals surface area contributed by atoms with Gasteiger partial charge in [0.1, 0.15) is 6.26 Å². The van der Waals surface area contributed by atoms with Gasteiger partial charge in [-0.25, -0.2) is 4.98 Å². The molecule has 8 nitrogen and oxygen atoms in total. The van der Waals surface area contributed by atoms with Crippen LogP contribution in [-0.2, 0) is 16.0 Å². The van der Waals surface area contributed by atoms with Crippen LogP contribution in [0, 0.1) is 5.92 Å². The Morgan fingerprint density at radius 3 is 2.74 bits per heavy atom. The van der Waals surface area contributed by atoms with Crippen molar-refractivity contribution in [2.45, 2.75) is 25.8 Å². The highest BCUT2D eigenvalue weighted by molar-refractivity contribution is 5.93. The van der Waals surface area contributed by atoms with E-state index in [2.05, 4.69) is 10.3 Å². The second kappa shape index (κ2) is 6.02. The number of likely N-dealkylation sites (tertiary alicyclic amines) is 2. The topological polar surface area (TPSA) is 95.8 Å². The molecule has 8 heteroatoms. The van der Waals surface area contributed by atoms with Gasteiger partial charge in [-0.2, -0.15) is 0 Å². The number of hydrogen-bond acceptors (Lipinski definition) is 5. The fourth-order valence-electron chi connectivity index (χ4n) is 3.02. The standard InChI is InChI=1S/C15H20N4O4/c1-3-12-17-11(8-23-12)15(22)18-6-10(7-18)19-5-9(4-13(19)20)14(21)16-2/h8-10H,3-7H2,1-2H3,(H,16,21). The second-order valence-electron chi connectivity index (χ2n) is 5.91. The summed E-state index contributed by atoms with van der Waals surface area (Å²) in [6.45, 7) is 3.27. The molecular weight excluding hydrogens is 300 g/mol. The van der Waals surface area contributed by atoms with Crippen LogP contribution in [0.2, 0.25) is 0 Å². The Balaban J connectivity index is 1.55. The smallest absolute Gasteiger partial charge is 0.275 e. The Labute approximate surface area is 133 Å². The van der Waals surface area contributed by atoms with Crippen molar-refractivity contribution in [3.8, 4) is 0 Å². The van der Waals surface area contributed by atoms with Gasteiger partial charge in [-0.1, -0.05) is 6.92 Å². The molecule has 1 N–H and O–H groups in total. The first kappa shape index (κ1) is 15.5. The molecule has 0 radical (unpaired) electrons. The third kappa shape index (κ3) is 2.80. The molecule has 0 aliphatic carbocycles. The van der Waals surface area contributed by atoms with Gasteiger partial charge in [-0.05, 0) is 0 Å². The van der Waals surface area contributed by atoms with Crippen LogP contribution in [0.25, 0.3) is 0 Å². The summed E-state index contributed by atoms with van der Waals surface area (Å²) in [6, 6.07) is -0.0151. The zero-order valence-corrected chi connectivity index (χ0v) is 13.2. The lowest BCUT2D eigenvalue weighted by molar-refractivity contribution is -0.132. The number of nitrogens with zero attached hydrogens (tertiary/aromatic N) is 3. The summed E-state index contributed by atoms with van der Waals surface area (Å²) in [5.74, 6) is -0.0686. The monoisotopic (exact) mass is 320 g/mol. The number of hydrogen-bond donors (Lipinski definition) is 1. The van der Waals surface area contributed by atoms with Crippen LogP contribution in [0.15, 0.2) is 10.7 Å². The molecule has 0 saturated carbocycles. The largest absolute Gasteiger partial charge is 0.448 e. The average molecular weight is 320 g/mol. The summed E-state index contributed by atoms with van der Waals surface area (Å²) >= 11 is 0. The van der Waals surface area contributed by atoms with E-state index in [9.17, 15) is 14.4 Å². The van der Waals surface area contributed by atoms with E-state index < -0.39 is 0 Å². The number of nitrogens with one attached hydrogen (secondary N) is 1. The fraction of sp³-hybridized carbons (Fsp3) is 0.600. The van der Waals surface area contributed by atoms with Crippen molar-refractivity contribution in [2.24, 2.45) is 5.92 Å². The highest BCUT2D eigenvalue weighted by Gasteiger charge is 2.43. The molecule has 1 aromatic heterocycles. The molecule has 2 aliphatic heterocycles. The van der Waals surface area contributed by atoms with Crippen molar-refractivity contribution in [3.05, 3.63) is 17.8 Å². The number of oxazole rings is 1. The Kier molecular flexibility index (Phi) is 4.06. The van der Waals surface area contributed by atoms with Crippen molar-refractivity contribution in [1.82, 2.24) is 20.1 Å². The minimum atomic E-state index is -0.292. The van der Waals surface area contributed by atoms with E-state index in [4.69, 9.17) is 4.42 Å². The van der Waals surface area contributed by atoms with Crippen LogP contribution >= 0.6 is 0 Å². The van der Waals surface area contributed by atoms with Gasteiger partial charge >= 0.3 is 0 Å². The highest BCUT2D eigenvalue weighted by atomic mass is 16.3. The summed E-state index contributed by atoms with van der Waals surface area (Å²) in [7, 11) is 1.57. The van der Waals surface area contributed by atoms with Gasteiger partial charge < -0.3 is 19.5 Å². The molecule has 3 heterocycles. The molecule has 3 amide bonds.